The van der Waals surface area contributed by atoms with Crippen LogP contribution in [-0.4, -0.2) is 15.8 Å². The molecule has 0 saturated carbocycles. The standard InChI is InChI=1S/C17H15NOS/c19-17(12-20-15-6-2-1-3-7-15)14-9-8-13-5-4-10-18-16(13)11-14/h1-11,17,19H,12H2. The fourth-order valence-electron chi connectivity index (χ4n) is 2.08. The van der Waals surface area contributed by atoms with Crippen LogP contribution in [-0.2, 0) is 0 Å². The molecule has 100 valence electrons. The molecule has 0 amide bonds. The number of aliphatic hydroxyl groups excluding tert-OH is 1. The zero-order valence-corrected chi connectivity index (χ0v) is 11.8. The molecule has 2 aromatic carbocycles. The monoisotopic (exact) mass is 281 g/mol. The van der Waals surface area contributed by atoms with Crippen molar-refractivity contribution >= 4 is 22.7 Å². The Balaban J connectivity index is 1.73. The lowest BCUT2D eigenvalue weighted by atomic mass is 10.1. The second kappa shape index (κ2) is 6.07. The van der Waals surface area contributed by atoms with E-state index in [1.807, 2.05) is 48.5 Å². The number of benzene rings is 2. The number of aromatic nitrogens is 1. The van der Waals surface area contributed by atoms with Gasteiger partial charge in [0.05, 0.1) is 11.6 Å². The van der Waals surface area contributed by atoms with Gasteiger partial charge in [0, 0.05) is 22.2 Å². The van der Waals surface area contributed by atoms with E-state index in [1.54, 1.807) is 18.0 Å². The Morgan fingerprint density at radius 3 is 2.70 bits per heavy atom. The van der Waals surface area contributed by atoms with Gasteiger partial charge in [-0.05, 0) is 29.8 Å². The highest BCUT2D eigenvalue weighted by Crippen LogP contribution is 2.26. The number of hydrogen-bond donors (Lipinski definition) is 1. The van der Waals surface area contributed by atoms with E-state index in [1.165, 1.54) is 4.90 Å². The fourth-order valence-corrected chi connectivity index (χ4v) is 2.97. The van der Waals surface area contributed by atoms with E-state index in [0.29, 0.717) is 5.75 Å². The Labute approximate surface area is 122 Å². The zero-order chi connectivity index (χ0) is 13.8. The number of aliphatic hydroxyl groups is 1. The number of pyridine rings is 1. The Bertz CT molecular complexity index is 699. The van der Waals surface area contributed by atoms with Crippen LogP contribution in [0.25, 0.3) is 10.9 Å². The van der Waals surface area contributed by atoms with Gasteiger partial charge in [0.1, 0.15) is 0 Å². The molecule has 1 unspecified atom stereocenters. The minimum absolute atomic E-state index is 0.480. The highest BCUT2D eigenvalue weighted by Gasteiger charge is 2.09. The van der Waals surface area contributed by atoms with E-state index in [4.69, 9.17) is 0 Å². The lowest BCUT2D eigenvalue weighted by Crippen LogP contribution is -2.00. The van der Waals surface area contributed by atoms with Gasteiger partial charge in [0.25, 0.3) is 0 Å². The average molecular weight is 281 g/mol. The lowest BCUT2D eigenvalue weighted by molar-refractivity contribution is 0.204. The van der Waals surface area contributed by atoms with Gasteiger partial charge in [-0.25, -0.2) is 0 Å². The third kappa shape index (κ3) is 3.00. The highest BCUT2D eigenvalue weighted by atomic mass is 32.2. The van der Waals surface area contributed by atoms with Crippen molar-refractivity contribution in [1.29, 1.82) is 0 Å². The maximum Gasteiger partial charge on any atom is 0.0884 e. The van der Waals surface area contributed by atoms with Crippen molar-refractivity contribution < 1.29 is 5.11 Å². The smallest absolute Gasteiger partial charge is 0.0884 e. The Kier molecular flexibility index (Phi) is 4.00. The molecule has 20 heavy (non-hydrogen) atoms. The summed E-state index contributed by atoms with van der Waals surface area (Å²) in [7, 11) is 0. The van der Waals surface area contributed by atoms with Gasteiger partial charge in [-0.15, -0.1) is 11.8 Å². The van der Waals surface area contributed by atoms with Crippen LogP contribution in [0.3, 0.4) is 0 Å². The molecule has 0 aliphatic carbocycles. The average Bonchev–Trinajstić information content (AvgIpc) is 2.53. The van der Waals surface area contributed by atoms with E-state index in [-0.39, 0.29) is 0 Å². The van der Waals surface area contributed by atoms with Crippen molar-refractivity contribution in [2.24, 2.45) is 0 Å². The van der Waals surface area contributed by atoms with Gasteiger partial charge in [0.2, 0.25) is 0 Å². The molecule has 0 fully saturated rings. The van der Waals surface area contributed by atoms with Crippen LogP contribution < -0.4 is 0 Å². The quantitative estimate of drug-likeness (QED) is 0.732. The summed E-state index contributed by atoms with van der Waals surface area (Å²) in [6.07, 6.45) is 1.30. The number of thioether (sulfide) groups is 1. The molecule has 0 radical (unpaired) electrons. The number of hydrogen-bond acceptors (Lipinski definition) is 3. The molecule has 1 aromatic heterocycles. The fraction of sp³-hybridized carbons (Fsp3) is 0.118. The van der Waals surface area contributed by atoms with Crippen molar-refractivity contribution in [3.8, 4) is 0 Å². The Morgan fingerprint density at radius 2 is 1.85 bits per heavy atom. The maximum atomic E-state index is 10.3. The van der Waals surface area contributed by atoms with Crippen molar-refractivity contribution in [1.82, 2.24) is 4.98 Å². The predicted molar refractivity (Wildman–Crippen MR) is 83.9 cm³/mol. The maximum absolute atomic E-state index is 10.3. The molecule has 0 aliphatic rings. The first-order chi connectivity index (χ1) is 9.83. The van der Waals surface area contributed by atoms with E-state index in [9.17, 15) is 5.11 Å². The summed E-state index contributed by atoms with van der Waals surface area (Å²) in [6.45, 7) is 0. The van der Waals surface area contributed by atoms with E-state index in [2.05, 4.69) is 17.1 Å². The van der Waals surface area contributed by atoms with Crippen LogP contribution in [0, 0.1) is 0 Å². The first-order valence-electron chi connectivity index (χ1n) is 6.53. The third-order valence-electron chi connectivity index (χ3n) is 3.17. The van der Waals surface area contributed by atoms with Crippen LogP contribution in [0.4, 0.5) is 0 Å². The van der Waals surface area contributed by atoms with E-state index in [0.717, 1.165) is 16.5 Å². The molecule has 1 N–H and O–H groups in total. The topological polar surface area (TPSA) is 33.1 Å². The summed E-state index contributed by atoms with van der Waals surface area (Å²) in [5.74, 6) is 0.641. The molecule has 3 heteroatoms. The van der Waals surface area contributed by atoms with Crippen LogP contribution in [0.15, 0.2) is 71.8 Å². The van der Waals surface area contributed by atoms with Crippen LogP contribution >= 0.6 is 11.8 Å². The van der Waals surface area contributed by atoms with Crippen molar-refractivity contribution in [3.05, 3.63) is 72.4 Å². The molecule has 2 nitrogen and oxygen atoms in total. The number of rotatable bonds is 4. The normalized spacial score (nSPS) is 12.4. The van der Waals surface area contributed by atoms with Crippen LogP contribution in [0.2, 0.25) is 0 Å². The van der Waals surface area contributed by atoms with E-state index >= 15 is 0 Å². The minimum atomic E-state index is -0.480. The number of nitrogens with zero attached hydrogens (tertiary/aromatic N) is 1. The van der Waals surface area contributed by atoms with Gasteiger partial charge in [0.15, 0.2) is 0 Å². The van der Waals surface area contributed by atoms with Gasteiger partial charge in [-0.2, -0.15) is 0 Å². The van der Waals surface area contributed by atoms with E-state index < -0.39 is 6.10 Å². The third-order valence-corrected chi connectivity index (χ3v) is 4.25. The zero-order valence-electron chi connectivity index (χ0n) is 10.9. The summed E-state index contributed by atoms with van der Waals surface area (Å²) in [5.41, 5.74) is 1.84. The SMILES string of the molecule is OC(CSc1ccccc1)c1ccc2cccnc2c1. The lowest BCUT2D eigenvalue weighted by Gasteiger charge is -2.11. The Hall–Kier alpha value is -1.84. The largest absolute Gasteiger partial charge is 0.388 e. The summed E-state index contributed by atoms with van der Waals surface area (Å²) < 4.78 is 0. The summed E-state index contributed by atoms with van der Waals surface area (Å²) >= 11 is 1.66. The molecule has 0 bridgehead atoms. The molecular formula is C17H15NOS. The first kappa shape index (κ1) is 13.2. The number of fused-ring (bicyclic) bond motifs is 1. The van der Waals surface area contributed by atoms with Crippen molar-refractivity contribution in [2.45, 2.75) is 11.0 Å². The van der Waals surface area contributed by atoms with Gasteiger partial charge >= 0.3 is 0 Å². The molecule has 1 heterocycles. The molecule has 3 aromatic rings. The molecule has 3 rings (SSSR count). The summed E-state index contributed by atoms with van der Waals surface area (Å²) in [5, 5.41) is 11.4. The second-order valence-electron chi connectivity index (χ2n) is 4.60. The van der Waals surface area contributed by atoms with Gasteiger partial charge < -0.3 is 5.11 Å². The predicted octanol–water partition coefficient (Wildman–Crippen LogP) is 4.06. The molecule has 1 atom stereocenters. The summed E-state index contributed by atoms with van der Waals surface area (Å²) in [4.78, 5) is 5.50. The Morgan fingerprint density at radius 1 is 1.00 bits per heavy atom. The van der Waals surface area contributed by atoms with Gasteiger partial charge in [-0.1, -0.05) is 36.4 Å². The highest BCUT2D eigenvalue weighted by molar-refractivity contribution is 7.99. The van der Waals surface area contributed by atoms with Crippen molar-refractivity contribution in [2.75, 3.05) is 5.75 Å². The van der Waals surface area contributed by atoms with Crippen LogP contribution in [0.5, 0.6) is 0 Å². The van der Waals surface area contributed by atoms with Gasteiger partial charge in [-0.3, -0.25) is 4.98 Å². The minimum Gasteiger partial charge on any atom is -0.388 e. The second-order valence-corrected chi connectivity index (χ2v) is 5.69. The molecule has 0 aliphatic heterocycles. The first-order valence-corrected chi connectivity index (χ1v) is 7.52. The molecular weight excluding hydrogens is 266 g/mol. The van der Waals surface area contributed by atoms with Crippen molar-refractivity contribution in [3.63, 3.8) is 0 Å². The summed E-state index contributed by atoms with van der Waals surface area (Å²) in [6, 6.07) is 20.0. The molecule has 0 spiro atoms. The van der Waals surface area contributed by atoms with Crippen LogP contribution in [0.1, 0.15) is 11.7 Å². The molecule has 0 saturated heterocycles.